The van der Waals surface area contributed by atoms with Gasteiger partial charge in [-0.1, -0.05) is 11.6 Å². The Labute approximate surface area is 133 Å². The monoisotopic (exact) mass is 328 g/mol. The van der Waals surface area contributed by atoms with Crippen LogP contribution in [-0.4, -0.2) is 41.0 Å². The predicted molar refractivity (Wildman–Crippen MR) is 81.1 cm³/mol. The van der Waals surface area contributed by atoms with Crippen LogP contribution in [0.3, 0.4) is 0 Å². The minimum absolute atomic E-state index is 0.0485. The molecule has 0 bridgehead atoms. The first kappa shape index (κ1) is 16.7. The van der Waals surface area contributed by atoms with Gasteiger partial charge in [0.1, 0.15) is 5.82 Å². The number of rotatable bonds is 4. The lowest BCUT2D eigenvalue weighted by Crippen LogP contribution is -2.40. The van der Waals surface area contributed by atoms with Gasteiger partial charge in [0.15, 0.2) is 0 Å². The number of hydrogen-bond donors (Lipinski definition) is 2. The molecule has 1 saturated heterocycles. The Bertz CT molecular complexity index is 560. The van der Waals surface area contributed by atoms with Gasteiger partial charge in [-0.05, 0) is 31.0 Å². The summed E-state index contributed by atoms with van der Waals surface area (Å²) in [6.45, 7) is 1.05. The summed E-state index contributed by atoms with van der Waals surface area (Å²) >= 11 is 5.63. The molecular weight excluding hydrogens is 311 g/mol. The topological polar surface area (TPSA) is 69.6 Å². The third-order valence-electron chi connectivity index (χ3n) is 3.59. The number of carbonyl (C=O) groups is 2. The van der Waals surface area contributed by atoms with Crippen LogP contribution in [0.25, 0.3) is 0 Å². The van der Waals surface area contributed by atoms with Crippen LogP contribution in [0.1, 0.15) is 25.7 Å². The molecule has 1 heterocycles. The quantitative estimate of drug-likeness (QED) is 0.890. The fourth-order valence-corrected chi connectivity index (χ4v) is 2.47. The summed E-state index contributed by atoms with van der Waals surface area (Å²) in [5.41, 5.74) is 0.393. The predicted octanol–water partition coefficient (Wildman–Crippen LogP) is 2.18. The molecule has 0 unspecified atom stereocenters. The molecule has 1 aromatic carbocycles. The zero-order valence-corrected chi connectivity index (χ0v) is 12.8. The van der Waals surface area contributed by atoms with Gasteiger partial charge in [-0.2, -0.15) is 0 Å². The van der Waals surface area contributed by atoms with E-state index in [1.165, 1.54) is 18.2 Å². The summed E-state index contributed by atoms with van der Waals surface area (Å²) in [5, 5.41) is 11.9. The number of nitrogens with zero attached hydrogens (tertiary/aromatic N) is 1. The molecule has 0 spiro atoms. The molecule has 2 amide bonds. The molecule has 2 rings (SSSR count). The van der Waals surface area contributed by atoms with Crippen molar-refractivity contribution in [3.8, 4) is 0 Å². The van der Waals surface area contributed by atoms with E-state index in [0.717, 1.165) is 0 Å². The fraction of sp³-hybridized carbons (Fsp3) is 0.467. The van der Waals surface area contributed by atoms with Crippen LogP contribution >= 0.6 is 11.6 Å². The Morgan fingerprint density at radius 2 is 2.00 bits per heavy atom. The van der Waals surface area contributed by atoms with Gasteiger partial charge in [-0.15, -0.1) is 0 Å². The molecule has 1 aliphatic rings. The van der Waals surface area contributed by atoms with E-state index in [-0.39, 0.29) is 35.8 Å². The molecule has 1 aromatic rings. The molecule has 2 N–H and O–H groups in total. The highest BCUT2D eigenvalue weighted by atomic mass is 35.5. The van der Waals surface area contributed by atoms with Crippen LogP contribution in [0.15, 0.2) is 18.2 Å². The highest BCUT2D eigenvalue weighted by molar-refractivity contribution is 6.31. The van der Waals surface area contributed by atoms with Gasteiger partial charge < -0.3 is 15.3 Å². The first-order valence-electron chi connectivity index (χ1n) is 7.16. The van der Waals surface area contributed by atoms with Gasteiger partial charge in [0.05, 0.1) is 11.1 Å². The van der Waals surface area contributed by atoms with Crippen molar-refractivity contribution in [2.24, 2.45) is 0 Å². The molecule has 1 aliphatic heterocycles. The standard InChI is InChI=1S/C15H18ClFN2O3/c16-12-9-10(1-2-13(12)17)18-14(21)3-4-15(22)19-7-5-11(20)6-8-19/h1-2,9,11,20H,3-8H2,(H,18,21). The van der Waals surface area contributed by atoms with Crippen molar-refractivity contribution in [1.29, 1.82) is 0 Å². The average molecular weight is 329 g/mol. The maximum atomic E-state index is 13.0. The van der Waals surface area contributed by atoms with Gasteiger partial charge in [0.25, 0.3) is 0 Å². The summed E-state index contributed by atoms with van der Waals surface area (Å²) in [5.74, 6) is -0.977. The number of amides is 2. The second-order valence-corrected chi connectivity index (χ2v) is 5.70. The normalized spacial score (nSPS) is 15.7. The summed E-state index contributed by atoms with van der Waals surface area (Å²) < 4.78 is 13.0. The van der Waals surface area contributed by atoms with E-state index in [1.54, 1.807) is 4.90 Å². The smallest absolute Gasteiger partial charge is 0.224 e. The number of aliphatic hydroxyl groups excluding tert-OH is 1. The molecule has 0 aromatic heterocycles. The Kier molecular flexibility index (Phi) is 5.74. The lowest BCUT2D eigenvalue weighted by atomic mass is 10.1. The summed E-state index contributed by atoms with van der Waals surface area (Å²) in [6, 6.07) is 3.90. The van der Waals surface area contributed by atoms with Crippen LogP contribution in [0, 0.1) is 5.82 Å². The first-order chi connectivity index (χ1) is 10.5. The fourth-order valence-electron chi connectivity index (χ4n) is 2.29. The third kappa shape index (κ3) is 4.68. The van der Waals surface area contributed by atoms with E-state index in [4.69, 9.17) is 11.6 Å². The summed E-state index contributed by atoms with van der Waals surface area (Å²) in [7, 11) is 0. The number of carbonyl (C=O) groups excluding carboxylic acids is 2. The van der Waals surface area contributed by atoms with E-state index in [9.17, 15) is 19.1 Å². The Hall–Kier alpha value is -1.66. The molecule has 120 valence electrons. The molecule has 0 radical (unpaired) electrons. The van der Waals surface area contributed by atoms with Gasteiger partial charge in [-0.3, -0.25) is 9.59 Å². The molecule has 1 fully saturated rings. The maximum absolute atomic E-state index is 13.0. The number of aliphatic hydroxyl groups is 1. The first-order valence-corrected chi connectivity index (χ1v) is 7.54. The van der Waals surface area contributed by atoms with Gasteiger partial charge >= 0.3 is 0 Å². The number of hydrogen-bond acceptors (Lipinski definition) is 3. The Balaban J connectivity index is 1.77. The van der Waals surface area contributed by atoms with E-state index in [0.29, 0.717) is 31.6 Å². The lowest BCUT2D eigenvalue weighted by Gasteiger charge is -2.29. The van der Waals surface area contributed by atoms with E-state index in [2.05, 4.69) is 5.32 Å². The molecular formula is C15H18ClFN2O3. The van der Waals surface area contributed by atoms with Crippen molar-refractivity contribution in [2.45, 2.75) is 31.8 Å². The van der Waals surface area contributed by atoms with Crippen molar-refractivity contribution >= 4 is 29.1 Å². The second-order valence-electron chi connectivity index (χ2n) is 5.29. The van der Waals surface area contributed by atoms with Crippen molar-refractivity contribution in [3.05, 3.63) is 29.0 Å². The molecule has 0 saturated carbocycles. The number of piperidine rings is 1. The molecule has 22 heavy (non-hydrogen) atoms. The van der Waals surface area contributed by atoms with Crippen molar-refractivity contribution in [3.63, 3.8) is 0 Å². The molecule has 7 heteroatoms. The number of anilines is 1. The Morgan fingerprint density at radius 3 is 2.64 bits per heavy atom. The highest BCUT2D eigenvalue weighted by Gasteiger charge is 2.21. The lowest BCUT2D eigenvalue weighted by molar-refractivity contribution is -0.134. The largest absolute Gasteiger partial charge is 0.393 e. The minimum Gasteiger partial charge on any atom is -0.393 e. The highest BCUT2D eigenvalue weighted by Crippen LogP contribution is 2.19. The van der Waals surface area contributed by atoms with E-state index in [1.807, 2.05) is 0 Å². The SMILES string of the molecule is O=C(CCC(=O)N1CCC(O)CC1)Nc1ccc(F)c(Cl)c1. The third-order valence-corrected chi connectivity index (χ3v) is 3.88. The van der Waals surface area contributed by atoms with Crippen LogP contribution in [0.2, 0.25) is 5.02 Å². The van der Waals surface area contributed by atoms with E-state index < -0.39 is 5.82 Å². The summed E-state index contributed by atoms with van der Waals surface area (Å²) in [4.78, 5) is 25.4. The van der Waals surface area contributed by atoms with E-state index >= 15 is 0 Å². The molecule has 0 aliphatic carbocycles. The molecule has 5 nitrogen and oxygen atoms in total. The van der Waals surface area contributed by atoms with Gasteiger partial charge in [0, 0.05) is 31.6 Å². The van der Waals surface area contributed by atoms with Gasteiger partial charge in [0.2, 0.25) is 11.8 Å². The van der Waals surface area contributed by atoms with Crippen molar-refractivity contribution in [1.82, 2.24) is 4.90 Å². The zero-order chi connectivity index (χ0) is 16.1. The number of benzene rings is 1. The average Bonchev–Trinajstić information content (AvgIpc) is 2.49. The summed E-state index contributed by atoms with van der Waals surface area (Å²) in [6.07, 6.45) is 0.970. The van der Waals surface area contributed by atoms with Gasteiger partial charge in [-0.25, -0.2) is 4.39 Å². The molecule has 0 atom stereocenters. The number of nitrogens with one attached hydrogen (secondary N) is 1. The van der Waals surface area contributed by atoms with Crippen molar-refractivity contribution < 1.29 is 19.1 Å². The van der Waals surface area contributed by atoms with Crippen LogP contribution in [0.5, 0.6) is 0 Å². The zero-order valence-electron chi connectivity index (χ0n) is 12.0. The minimum atomic E-state index is -0.554. The van der Waals surface area contributed by atoms with Crippen molar-refractivity contribution in [2.75, 3.05) is 18.4 Å². The van der Waals surface area contributed by atoms with Crippen LogP contribution < -0.4 is 5.32 Å². The Morgan fingerprint density at radius 1 is 1.32 bits per heavy atom. The number of likely N-dealkylation sites (tertiary alicyclic amines) is 1. The maximum Gasteiger partial charge on any atom is 0.224 e. The number of halogens is 2. The second kappa shape index (κ2) is 7.56. The van der Waals surface area contributed by atoms with Crippen LogP contribution in [0.4, 0.5) is 10.1 Å². The van der Waals surface area contributed by atoms with Crippen LogP contribution in [-0.2, 0) is 9.59 Å².